The maximum atomic E-state index is 11.5. The quantitative estimate of drug-likeness (QED) is 0.923. The Balaban J connectivity index is 2.37. The number of aliphatic carboxylic acids is 1. The lowest BCUT2D eigenvalue weighted by Crippen LogP contribution is -2.38. The number of hydrogen-bond donors (Lipinski definition) is 1. The van der Waals surface area contributed by atoms with E-state index in [1.807, 2.05) is 4.90 Å². The van der Waals surface area contributed by atoms with Crippen LogP contribution < -0.4 is 0 Å². The number of carbonyl (C=O) groups is 1. The molecule has 1 aliphatic heterocycles. The van der Waals surface area contributed by atoms with E-state index in [0.29, 0.717) is 15.6 Å². The number of benzene rings is 1. The highest BCUT2D eigenvalue weighted by Crippen LogP contribution is 2.35. The van der Waals surface area contributed by atoms with Crippen LogP contribution in [0.2, 0.25) is 10.0 Å². The molecule has 1 heterocycles. The lowest BCUT2D eigenvalue weighted by molar-refractivity contribution is -0.144. The molecule has 18 heavy (non-hydrogen) atoms. The molecule has 98 valence electrons. The monoisotopic (exact) mass is 287 g/mol. The molecule has 5 heteroatoms. The maximum Gasteiger partial charge on any atom is 0.325 e. The molecule has 0 bridgehead atoms. The molecule has 0 radical (unpaired) electrons. The summed E-state index contributed by atoms with van der Waals surface area (Å²) >= 11 is 12.2. The fourth-order valence-corrected chi connectivity index (χ4v) is 3.01. The van der Waals surface area contributed by atoms with Crippen LogP contribution in [0.1, 0.15) is 30.9 Å². The van der Waals surface area contributed by atoms with E-state index in [4.69, 9.17) is 23.2 Å². The molecule has 1 aliphatic rings. The summed E-state index contributed by atoms with van der Waals surface area (Å²) in [6.45, 7) is 1.55. The highest BCUT2D eigenvalue weighted by atomic mass is 35.5. The van der Waals surface area contributed by atoms with Gasteiger partial charge in [0.2, 0.25) is 0 Å². The second-order valence-corrected chi connectivity index (χ2v) is 5.29. The normalized spacial score (nSPS) is 18.6. The van der Waals surface area contributed by atoms with Gasteiger partial charge in [0, 0.05) is 15.6 Å². The maximum absolute atomic E-state index is 11.5. The lowest BCUT2D eigenvalue weighted by atomic mass is 10.0. The SMILES string of the molecule is O=C(O)C(c1c(Cl)cccc1Cl)N1CCCCC1. The number of halogens is 2. The third-order valence-electron chi connectivity index (χ3n) is 3.26. The third kappa shape index (κ3) is 2.79. The molecule has 1 unspecified atom stereocenters. The molecule has 0 aliphatic carbocycles. The van der Waals surface area contributed by atoms with Gasteiger partial charge in [-0.3, -0.25) is 9.69 Å². The van der Waals surface area contributed by atoms with Crippen molar-refractivity contribution in [3.8, 4) is 0 Å². The Morgan fingerprint density at radius 2 is 1.72 bits per heavy atom. The van der Waals surface area contributed by atoms with Gasteiger partial charge in [-0.1, -0.05) is 35.7 Å². The van der Waals surface area contributed by atoms with E-state index in [2.05, 4.69) is 0 Å². The number of piperidine rings is 1. The highest BCUT2D eigenvalue weighted by molar-refractivity contribution is 6.36. The Kier molecular flexibility index (Phi) is 4.49. The zero-order chi connectivity index (χ0) is 13.1. The van der Waals surface area contributed by atoms with E-state index in [9.17, 15) is 9.90 Å². The van der Waals surface area contributed by atoms with Crippen molar-refractivity contribution in [3.63, 3.8) is 0 Å². The first kappa shape index (κ1) is 13.7. The number of carboxylic acids is 1. The molecule has 0 saturated carbocycles. The molecule has 1 aromatic carbocycles. The van der Waals surface area contributed by atoms with E-state index in [1.165, 1.54) is 0 Å². The van der Waals surface area contributed by atoms with Crippen molar-refractivity contribution in [2.24, 2.45) is 0 Å². The first-order valence-electron chi connectivity index (χ1n) is 6.02. The minimum atomic E-state index is -0.896. The standard InChI is InChI=1S/C13H15Cl2NO2/c14-9-5-4-6-10(15)11(9)12(13(17)18)16-7-2-1-3-8-16/h4-6,12H,1-3,7-8H2,(H,17,18). The smallest absolute Gasteiger partial charge is 0.325 e. The van der Waals surface area contributed by atoms with E-state index in [1.54, 1.807) is 18.2 Å². The molecule has 3 nitrogen and oxygen atoms in total. The number of carboxylic acid groups (broad SMARTS) is 1. The second kappa shape index (κ2) is 5.91. The van der Waals surface area contributed by atoms with Crippen molar-refractivity contribution in [2.45, 2.75) is 25.3 Å². The first-order valence-corrected chi connectivity index (χ1v) is 6.77. The van der Waals surface area contributed by atoms with Crippen LogP contribution in [0.5, 0.6) is 0 Å². The summed E-state index contributed by atoms with van der Waals surface area (Å²) in [5.74, 6) is -0.896. The van der Waals surface area contributed by atoms with Gasteiger partial charge in [0.1, 0.15) is 6.04 Å². The number of nitrogens with zero attached hydrogens (tertiary/aromatic N) is 1. The zero-order valence-electron chi connectivity index (χ0n) is 9.90. The molecule has 1 fully saturated rings. The van der Waals surface area contributed by atoms with Crippen LogP contribution in [0.4, 0.5) is 0 Å². The molecule has 0 spiro atoms. The average Bonchev–Trinajstić information content (AvgIpc) is 2.34. The summed E-state index contributed by atoms with van der Waals surface area (Å²) in [6.07, 6.45) is 3.19. The fraction of sp³-hybridized carbons (Fsp3) is 0.462. The Morgan fingerprint density at radius 3 is 2.22 bits per heavy atom. The van der Waals surface area contributed by atoms with Crippen LogP contribution >= 0.6 is 23.2 Å². The van der Waals surface area contributed by atoms with Gasteiger partial charge < -0.3 is 5.11 Å². The number of hydrogen-bond acceptors (Lipinski definition) is 2. The van der Waals surface area contributed by atoms with Gasteiger partial charge in [0.25, 0.3) is 0 Å². The Hall–Kier alpha value is -0.770. The van der Waals surface area contributed by atoms with E-state index < -0.39 is 12.0 Å². The van der Waals surface area contributed by atoms with Gasteiger partial charge in [-0.15, -0.1) is 0 Å². The van der Waals surface area contributed by atoms with Crippen LogP contribution in [0.25, 0.3) is 0 Å². The second-order valence-electron chi connectivity index (χ2n) is 4.47. The minimum Gasteiger partial charge on any atom is -0.480 e. The molecule has 0 amide bonds. The van der Waals surface area contributed by atoms with Crippen LogP contribution in [0.3, 0.4) is 0 Å². The summed E-state index contributed by atoms with van der Waals surface area (Å²) < 4.78 is 0. The van der Waals surface area contributed by atoms with Gasteiger partial charge in [-0.25, -0.2) is 0 Å². The number of likely N-dealkylation sites (tertiary alicyclic amines) is 1. The van der Waals surface area contributed by atoms with Gasteiger partial charge in [-0.2, -0.15) is 0 Å². The van der Waals surface area contributed by atoms with E-state index in [-0.39, 0.29) is 0 Å². The van der Waals surface area contributed by atoms with Crippen molar-refractivity contribution >= 4 is 29.2 Å². The van der Waals surface area contributed by atoms with Gasteiger partial charge >= 0.3 is 5.97 Å². The van der Waals surface area contributed by atoms with Crippen molar-refractivity contribution < 1.29 is 9.90 Å². The third-order valence-corrected chi connectivity index (χ3v) is 3.92. The number of rotatable bonds is 3. The van der Waals surface area contributed by atoms with Crippen molar-refractivity contribution in [1.29, 1.82) is 0 Å². The predicted octanol–water partition coefficient (Wildman–Crippen LogP) is 3.61. The summed E-state index contributed by atoms with van der Waals surface area (Å²) in [5, 5.41) is 10.3. The molecule has 1 aromatic rings. The van der Waals surface area contributed by atoms with Crippen molar-refractivity contribution in [2.75, 3.05) is 13.1 Å². The largest absolute Gasteiger partial charge is 0.480 e. The molecular weight excluding hydrogens is 273 g/mol. The average molecular weight is 288 g/mol. The minimum absolute atomic E-state index is 0.417. The van der Waals surface area contributed by atoms with Crippen molar-refractivity contribution in [3.05, 3.63) is 33.8 Å². The molecular formula is C13H15Cl2NO2. The van der Waals surface area contributed by atoms with Crippen molar-refractivity contribution in [1.82, 2.24) is 4.90 Å². The topological polar surface area (TPSA) is 40.5 Å². The Bertz CT molecular complexity index is 424. The predicted molar refractivity (Wildman–Crippen MR) is 72.3 cm³/mol. The van der Waals surface area contributed by atoms with E-state index in [0.717, 1.165) is 32.4 Å². The Labute approximate surface area is 116 Å². The van der Waals surface area contributed by atoms with Crippen LogP contribution in [-0.2, 0) is 4.79 Å². The van der Waals surface area contributed by atoms with E-state index >= 15 is 0 Å². The molecule has 2 rings (SSSR count). The van der Waals surface area contributed by atoms with Crippen LogP contribution in [0.15, 0.2) is 18.2 Å². The summed E-state index contributed by atoms with van der Waals surface area (Å²) in [6, 6.07) is 4.35. The van der Waals surface area contributed by atoms with Gasteiger partial charge in [0.05, 0.1) is 0 Å². The van der Waals surface area contributed by atoms with Crippen LogP contribution in [0, 0.1) is 0 Å². The molecule has 0 aromatic heterocycles. The highest BCUT2D eigenvalue weighted by Gasteiger charge is 2.31. The fourth-order valence-electron chi connectivity index (χ4n) is 2.41. The first-order chi connectivity index (χ1) is 8.61. The molecule has 1 atom stereocenters. The summed E-state index contributed by atoms with van der Waals surface area (Å²) in [5.41, 5.74) is 0.509. The zero-order valence-corrected chi connectivity index (χ0v) is 11.4. The lowest BCUT2D eigenvalue weighted by Gasteiger charge is -2.32. The summed E-state index contributed by atoms with van der Waals surface area (Å²) in [7, 11) is 0. The Morgan fingerprint density at radius 1 is 1.17 bits per heavy atom. The summed E-state index contributed by atoms with van der Waals surface area (Å²) in [4.78, 5) is 13.5. The van der Waals surface area contributed by atoms with Crippen LogP contribution in [-0.4, -0.2) is 29.1 Å². The molecule has 1 N–H and O–H groups in total. The van der Waals surface area contributed by atoms with Gasteiger partial charge in [0.15, 0.2) is 0 Å². The van der Waals surface area contributed by atoms with Gasteiger partial charge in [-0.05, 0) is 38.1 Å². The molecule has 1 saturated heterocycles.